The summed E-state index contributed by atoms with van der Waals surface area (Å²) in [5.74, 6) is 0.808. The average Bonchev–Trinajstić information content (AvgIpc) is 2.49. The molecule has 70 valence electrons. The minimum Gasteiger partial charge on any atom is -0.387 e. The van der Waals surface area contributed by atoms with Crippen LogP contribution in [0.15, 0.2) is 4.99 Å². The molecule has 2 N–H and O–H groups in total. The van der Waals surface area contributed by atoms with E-state index in [1.165, 1.54) is 25.7 Å². The van der Waals surface area contributed by atoms with Crippen LogP contribution in [0.3, 0.4) is 0 Å². The molecule has 12 heavy (non-hydrogen) atoms. The Bertz CT molecular complexity index is 167. The zero-order chi connectivity index (χ0) is 9.03. The molecule has 0 spiro atoms. The lowest BCUT2D eigenvalue weighted by Crippen LogP contribution is -2.19. The summed E-state index contributed by atoms with van der Waals surface area (Å²) < 4.78 is 0. The molecule has 0 aromatic rings. The van der Waals surface area contributed by atoms with Gasteiger partial charge < -0.3 is 5.73 Å². The van der Waals surface area contributed by atoms with Gasteiger partial charge >= 0.3 is 0 Å². The van der Waals surface area contributed by atoms with Gasteiger partial charge in [0.1, 0.15) is 0 Å². The predicted molar refractivity (Wildman–Crippen MR) is 53.4 cm³/mol. The first-order chi connectivity index (χ1) is 5.66. The lowest BCUT2D eigenvalue weighted by Gasteiger charge is -2.20. The van der Waals surface area contributed by atoms with Gasteiger partial charge in [0.15, 0.2) is 0 Å². The Morgan fingerprint density at radius 1 is 1.42 bits per heavy atom. The smallest absolute Gasteiger partial charge is 0.0934 e. The Balaban J connectivity index is 2.39. The summed E-state index contributed by atoms with van der Waals surface area (Å²) in [7, 11) is 0. The molecule has 2 heteroatoms. The van der Waals surface area contributed by atoms with Crippen molar-refractivity contribution in [1.82, 2.24) is 0 Å². The molecule has 0 amide bonds. The normalized spacial score (nSPS) is 23.0. The molecule has 1 rings (SSSR count). The zero-order valence-corrected chi connectivity index (χ0v) is 8.27. The van der Waals surface area contributed by atoms with Gasteiger partial charge in [0.25, 0.3) is 0 Å². The maximum absolute atomic E-state index is 5.66. The van der Waals surface area contributed by atoms with Crippen LogP contribution < -0.4 is 5.73 Å². The molecule has 0 aromatic carbocycles. The highest BCUT2D eigenvalue weighted by molar-refractivity contribution is 5.79. The minimum atomic E-state index is 0.458. The molecule has 0 saturated heterocycles. The molecule has 0 bridgehead atoms. The Labute approximate surface area is 75.3 Å². The Morgan fingerprint density at radius 2 is 2.00 bits per heavy atom. The first-order valence-corrected chi connectivity index (χ1v) is 4.95. The number of nitrogens with two attached hydrogens (primary N) is 1. The monoisotopic (exact) mass is 168 g/mol. The van der Waals surface area contributed by atoms with Crippen LogP contribution in [0.25, 0.3) is 0 Å². The fourth-order valence-corrected chi connectivity index (χ4v) is 1.79. The fraction of sp³-hybridized carbons (Fsp3) is 0.900. The quantitative estimate of drug-likeness (QED) is 0.510. The molecule has 0 heterocycles. The van der Waals surface area contributed by atoms with Crippen LogP contribution in [0, 0.1) is 5.41 Å². The van der Waals surface area contributed by atoms with Crippen molar-refractivity contribution in [2.45, 2.75) is 46.0 Å². The van der Waals surface area contributed by atoms with E-state index in [1.807, 2.05) is 0 Å². The van der Waals surface area contributed by atoms with Crippen LogP contribution in [-0.2, 0) is 0 Å². The maximum atomic E-state index is 5.66. The van der Waals surface area contributed by atoms with E-state index in [4.69, 9.17) is 5.73 Å². The third kappa shape index (κ3) is 2.50. The van der Waals surface area contributed by atoms with Gasteiger partial charge in [-0.3, -0.25) is 4.99 Å². The highest BCUT2D eigenvalue weighted by Crippen LogP contribution is 2.37. The highest BCUT2D eigenvalue weighted by Gasteiger charge is 2.27. The Hall–Kier alpha value is -0.530. The van der Waals surface area contributed by atoms with Crippen molar-refractivity contribution in [3.05, 3.63) is 0 Å². The lowest BCUT2D eigenvalue weighted by molar-refractivity contribution is 0.351. The topological polar surface area (TPSA) is 38.4 Å². The van der Waals surface area contributed by atoms with E-state index in [1.54, 1.807) is 0 Å². The summed E-state index contributed by atoms with van der Waals surface area (Å²) in [6.07, 6.45) is 6.28. The molecule has 0 unspecified atom stereocenters. The van der Waals surface area contributed by atoms with Gasteiger partial charge in [-0.2, -0.15) is 0 Å². The molecular formula is C10H20N2. The van der Waals surface area contributed by atoms with Crippen LogP contribution in [0.5, 0.6) is 0 Å². The lowest BCUT2D eigenvalue weighted by atomic mass is 9.89. The second-order valence-electron chi connectivity index (χ2n) is 4.18. The van der Waals surface area contributed by atoms with E-state index in [0.717, 1.165) is 18.8 Å². The number of hydrogen-bond donors (Lipinski definition) is 1. The van der Waals surface area contributed by atoms with Gasteiger partial charge in [0.2, 0.25) is 0 Å². The highest BCUT2D eigenvalue weighted by atomic mass is 14.9. The van der Waals surface area contributed by atoms with Gasteiger partial charge in [-0.05, 0) is 18.3 Å². The molecule has 0 radical (unpaired) electrons. The van der Waals surface area contributed by atoms with Crippen LogP contribution in [0.1, 0.15) is 46.0 Å². The predicted octanol–water partition coefficient (Wildman–Crippen LogP) is 2.33. The van der Waals surface area contributed by atoms with E-state index in [0.29, 0.717) is 5.41 Å². The summed E-state index contributed by atoms with van der Waals surface area (Å²) >= 11 is 0. The molecule has 1 aliphatic carbocycles. The third-order valence-electron chi connectivity index (χ3n) is 2.84. The molecular weight excluding hydrogens is 148 g/mol. The number of hydrogen-bond acceptors (Lipinski definition) is 1. The first kappa shape index (κ1) is 9.56. The summed E-state index contributed by atoms with van der Waals surface area (Å²) in [4.78, 5) is 4.39. The number of nitrogens with zero attached hydrogens (tertiary/aromatic N) is 1. The largest absolute Gasteiger partial charge is 0.387 e. The van der Waals surface area contributed by atoms with Crippen molar-refractivity contribution in [1.29, 1.82) is 0 Å². The Kier molecular flexibility index (Phi) is 3.12. The summed E-state index contributed by atoms with van der Waals surface area (Å²) in [6.45, 7) is 5.31. The molecule has 2 nitrogen and oxygen atoms in total. The van der Waals surface area contributed by atoms with E-state index in [9.17, 15) is 0 Å². The molecule has 0 aliphatic heterocycles. The number of amidine groups is 1. The second-order valence-corrected chi connectivity index (χ2v) is 4.18. The van der Waals surface area contributed by atoms with Crippen molar-refractivity contribution in [3.8, 4) is 0 Å². The third-order valence-corrected chi connectivity index (χ3v) is 2.84. The SMILES string of the molecule is CCC(N)=NCC1(C)CCCC1. The van der Waals surface area contributed by atoms with Gasteiger partial charge in [-0.25, -0.2) is 0 Å². The minimum absolute atomic E-state index is 0.458. The van der Waals surface area contributed by atoms with E-state index >= 15 is 0 Å². The molecule has 1 fully saturated rings. The summed E-state index contributed by atoms with van der Waals surface area (Å²) in [5.41, 5.74) is 6.12. The van der Waals surface area contributed by atoms with E-state index < -0.39 is 0 Å². The van der Waals surface area contributed by atoms with Gasteiger partial charge in [0.05, 0.1) is 5.84 Å². The zero-order valence-electron chi connectivity index (χ0n) is 8.27. The summed E-state index contributed by atoms with van der Waals surface area (Å²) in [5, 5.41) is 0. The number of aliphatic imine (C=N–C) groups is 1. The number of rotatable bonds is 3. The van der Waals surface area contributed by atoms with Gasteiger partial charge in [0, 0.05) is 13.0 Å². The van der Waals surface area contributed by atoms with Gasteiger partial charge in [-0.15, -0.1) is 0 Å². The molecule has 0 aromatic heterocycles. The van der Waals surface area contributed by atoms with Crippen LogP contribution in [-0.4, -0.2) is 12.4 Å². The van der Waals surface area contributed by atoms with E-state index in [2.05, 4.69) is 18.8 Å². The van der Waals surface area contributed by atoms with Crippen LogP contribution in [0.2, 0.25) is 0 Å². The molecule has 0 atom stereocenters. The second kappa shape index (κ2) is 3.92. The fourth-order valence-electron chi connectivity index (χ4n) is 1.79. The van der Waals surface area contributed by atoms with Crippen LogP contribution >= 0.6 is 0 Å². The standard InChI is InChI=1S/C10H20N2/c1-3-9(11)12-8-10(2)6-4-5-7-10/h3-8H2,1-2H3,(H2,11,12). The average molecular weight is 168 g/mol. The summed E-state index contributed by atoms with van der Waals surface area (Å²) in [6, 6.07) is 0. The van der Waals surface area contributed by atoms with E-state index in [-0.39, 0.29) is 0 Å². The maximum Gasteiger partial charge on any atom is 0.0934 e. The Morgan fingerprint density at radius 3 is 2.50 bits per heavy atom. The van der Waals surface area contributed by atoms with Crippen molar-refractivity contribution in [2.24, 2.45) is 16.1 Å². The van der Waals surface area contributed by atoms with Crippen molar-refractivity contribution in [2.75, 3.05) is 6.54 Å². The first-order valence-electron chi connectivity index (χ1n) is 4.95. The van der Waals surface area contributed by atoms with Crippen LogP contribution in [0.4, 0.5) is 0 Å². The van der Waals surface area contributed by atoms with Crippen molar-refractivity contribution in [3.63, 3.8) is 0 Å². The van der Waals surface area contributed by atoms with Crippen molar-refractivity contribution < 1.29 is 0 Å². The molecule has 1 saturated carbocycles. The van der Waals surface area contributed by atoms with Gasteiger partial charge in [-0.1, -0.05) is 26.7 Å². The molecule has 1 aliphatic rings. The van der Waals surface area contributed by atoms with Crippen molar-refractivity contribution >= 4 is 5.84 Å².